The molecule has 0 N–H and O–H groups in total. The Balaban J connectivity index is 2.22. The van der Waals surface area contributed by atoms with Gasteiger partial charge in [0.2, 0.25) is 0 Å². The van der Waals surface area contributed by atoms with E-state index in [4.69, 9.17) is 16.9 Å². The van der Waals surface area contributed by atoms with Crippen LogP contribution in [0.25, 0.3) is 16.6 Å². The van der Waals surface area contributed by atoms with E-state index in [0.717, 1.165) is 16.6 Å². The molecule has 0 amide bonds. The molecule has 4 nitrogen and oxygen atoms in total. The second-order valence-electron chi connectivity index (χ2n) is 3.74. The number of fused-ring (bicyclic) bond motifs is 1. The Labute approximate surface area is 108 Å². The Morgan fingerprint density at radius 2 is 2.06 bits per heavy atom. The molecule has 0 radical (unpaired) electrons. The molecule has 3 rings (SSSR count). The van der Waals surface area contributed by atoms with Crippen molar-refractivity contribution in [3.05, 3.63) is 53.7 Å². The van der Waals surface area contributed by atoms with E-state index in [1.807, 2.05) is 35.0 Å². The topological polar surface area (TPSA) is 54.5 Å². The molecule has 3 aromatic heterocycles. The van der Waals surface area contributed by atoms with Gasteiger partial charge in [-0.3, -0.25) is 0 Å². The lowest BCUT2D eigenvalue weighted by molar-refractivity contribution is 1.09. The molecule has 18 heavy (non-hydrogen) atoms. The lowest BCUT2D eigenvalue weighted by Gasteiger charge is -2.05. The largest absolute Gasteiger partial charge is 0.312 e. The lowest BCUT2D eigenvalue weighted by Crippen LogP contribution is -1.94. The van der Waals surface area contributed by atoms with E-state index < -0.39 is 0 Å². The number of nitrogens with zero attached hydrogens (tertiary/aromatic N) is 4. The maximum absolute atomic E-state index is 8.72. The fourth-order valence-electron chi connectivity index (χ4n) is 1.85. The second kappa shape index (κ2) is 4.13. The van der Waals surface area contributed by atoms with E-state index in [1.54, 1.807) is 18.5 Å². The summed E-state index contributed by atoms with van der Waals surface area (Å²) in [5.41, 5.74) is 2.07. The van der Waals surface area contributed by atoms with E-state index >= 15 is 0 Å². The van der Waals surface area contributed by atoms with Crippen LogP contribution in [0.4, 0.5) is 0 Å². The van der Waals surface area contributed by atoms with Gasteiger partial charge in [0.15, 0.2) is 5.15 Å². The quantitative estimate of drug-likeness (QED) is 0.628. The molecule has 3 aromatic rings. The zero-order chi connectivity index (χ0) is 12.5. The number of rotatable bonds is 1. The van der Waals surface area contributed by atoms with E-state index in [1.165, 1.54) is 0 Å². The van der Waals surface area contributed by atoms with Gasteiger partial charge in [0, 0.05) is 17.8 Å². The molecule has 0 aromatic carbocycles. The molecule has 0 atom stereocenters. The summed E-state index contributed by atoms with van der Waals surface area (Å²) in [6, 6.07) is 9.35. The molecule has 0 aliphatic heterocycles. The minimum absolute atomic E-state index is 0.388. The summed E-state index contributed by atoms with van der Waals surface area (Å²) in [6.45, 7) is 0. The smallest absolute Gasteiger partial charge is 0.153 e. The summed E-state index contributed by atoms with van der Waals surface area (Å²) in [5, 5.41) is 10.2. The molecule has 86 valence electrons. The van der Waals surface area contributed by atoms with Crippen molar-refractivity contribution in [1.29, 1.82) is 5.26 Å². The highest BCUT2D eigenvalue weighted by Gasteiger charge is 2.07. The molecule has 0 aliphatic carbocycles. The van der Waals surface area contributed by atoms with Crippen LogP contribution in [-0.4, -0.2) is 14.5 Å². The van der Waals surface area contributed by atoms with E-state index in [-0.39, 0.29) is 0 Å². The van der Waals surface area contributed by atoms with Crippen molar-refractivity contribution in [3.63, 3.8) is 0 Å². The molecule has 0 saturated heterocycles. The lowest BCUT2D eigenvalue weighted by atomic mass is 10.3. The van der Waals surface area contributed by atoms with Crippen LogP contribution in [0.5, 0.6) is 0 Å². The average molecular weight is 255 g/mol. The number of hydrogen-bond acceptors (Lipinski definition) is 3. The van der Waals surface area contributed by atoms with E-state index in [9.17, 15) is 0 Å². The van der Waals surface area contributed by atoms with Crippen LogP contribution in [0.2, 0.25) is 5.15 Å². The van der Waals surface area contributed by atoms with Gasteiger partial charge >= 0.3 is 0 Å². The monoisotopic (exact) mass is 254 g/mol. The summed E-state index contributed by atoms with van der Waals surface area (Å²) in [6.07, 6.45) is 5.22. The van der Waals surface area contributed by atoms with E-state index in [2.05, 4.69) is 9.97 Å². The first-order valence-corrected chi connectivity index (χ1v) is 5.65. The van der Waals surface area contributed by atoms with Crippen LogP contribution in [-0.2, 0) is 0 Å². The Kier molecular flexibility index (Phi) is 2.47. The Morgan fingerprint density at radius 1 is 1.17 bits per heavy atom. The number of pyridine rings is 2. The van der Waals surface area contributed by atoms with Crippen molar-refractivity contribution in [2.45, 2.75) is 0 Å². The molecule has 0 saturated carbocycles. The van der Waals surface area contributed by atoms with Crippen LogP contribution in [0.15, 0.2) is 42.9 Å². The molecule has 0 fully saturated rings. The van der Waals surface area contributed by atoms with E-state index in [0.29, 0.717) is 10.8 Å². The number of aromatic nitrogens is 3. The maximum Gasteiger partial charge on any atom is 0.153 e. The van der Waals surface area contributed by atoms with Crippen LogP contribution in [0, 0.1) is 11.3 Å². The molecule has 5 heteroatoms. The fourth-order valence-corrected chi connectivity index (χ4v) is 2.11. The average Bonchev–Trinajstić information content (AvgIpc) is 2.84. The normalized spacial score (nSPS) is 10.4. The van der Waals surface area contributed by atoms with Crippen molar-refractivity contribution in [2.75, 3.05) is 0 Å². The third-order valence-corrected chi connectivity index (χ3v) is 2.97. The highest BCUT2D eigenvalue weighted by molar-refractivity contribution is 6.33. The SMILES string of the molecule is N#Cc1ccc(-n2ccc3ccnc(Cl)c32)cn1. The van der Waals surface area contributed by atoms with Crippen molar-refractivity contribution in [3.8, 4) is 11.8 Å². The maximum atomic E-state index is 8.72. The molecular formula is C13H7ClN4. The van der Waals surface area contributed by atoms with Crippen molar-refractivity contribution >= 4 is 22.5 Å². The number of hydrogen-bond donors (Lipinski definition) is 0. The Morgan fingerprint density at radius 3 is 2.78 bits per heavy atom. The third-order valence-electron chi connectivity index (χ3n) is 2.70. The Hall–Kier alpha value is -2.38. The summed E-state index contributed by atoms with van der Waals surface area (Å²) in [7, 11) is 0. The van der Waals surface area contributed by atoms with Gasteiger partial charge in [-0.1, -0.05) is 11.6 Å². The van der Waals surface area contributed by atoms with Gasteiger partial charge in [-0.15, -0.1) is 0 Å². The Bertz CT molecular complexity index is 753. The summed E-state index contributed by atoms with van der Waals surface area (Å²) in [4.78, 5) is 8.12. The first-order valence-electron chi connectivity index (χ1n) is 5.27. The van der Waals surface area contributed by atoms with Gasteiger partial charge in [0.1, 0.15) is 11.8 Å². The van der Waals surface area contributed by atoms with Gasteiger partial charge < -0.3 is 4.57 Å². The summed E-state index contributed by atoms with van der Waals surface area (Å²) >= 11 is 6.11. The van der Waals surface area contributed by atoms with Crippen molar-refractivity contribution < 1.29 is 0 Å². The van der Waals surface area contributed by atoms with Gasteiger partial charge in [-0.2, -0.15) is 5.26 Å². The molecule has 3 heterocycles. The van der Waals surface area contributed by atoms with Gasteiger partial charge in [0.25, 0.3) is 0 Å². The summed E-state index contributed by atoms with van der Waals surface area (Å²) < 4.78 is 1.90. The molecule has 0 unspecified atom stereocenters. The molecule has 0 bridgehead atoms. The minimum atomic E-state index is 0.388. The summed E-state index contributed by atoms with van der Waals surface area (Å²) in [5.74, 6) is 0. The van der Waals surface area contributed by atoms with Gasteiger partial charge in [0.05, 0.1) is 17.4 Å². The minimum Gasteiger partial charge on any atom is -0.312 e. The molecule has 0 aliphatic rings. The van der Waals surface area contributed by atoms with Gasteiger partial charge in [-0.05, 0) is 24.3 Å². The molecular weight excluding hydrogens is 248 g/mol. The number of nitriles is 1. The van der Waals surface area contributed by atoms with Crippen molar-refractivity contribution in [2.24, 2.45) is 0 Å². The molecule has 0 spiro atoms. The van der Waals surface area contributed by atoms with Gasteiger partial charge in [-0.25, -0.2) is 9.97 Å². The van der Waals surface area contributed by atoms with Crippen LogP contribution < -0.4 is 0 Å². The van der Waals surface area contributed by atoms with Crippen molar-refractivity contribution in [1.82, 2.24) is 14.5 Å². The zero-order valence-electron chi connectivity index (χ0n) is 9.21. The predicted octanol–water partition coefficient (Wildman–Crippen LogP) is 2.95. The standard InChI is InChI=1S/C13H7ClN4/c14-13-12-9(3-5-16-13)4-6-18(12)11-2-1-10(7-15)17-8-11/h1-6,8H. The first-order chi connectivity index (χ1) is 8.79. The number of halogens is 1. The fraction of sp³-hybridized carbons (Fsp3) is 0. The third kappa shape index (κ3) is 1.62. The van der Waals surface area contributed by atoms with Crippen LogP contribution in [0.3, 0.4) is 0 Å². The highest BCUT2D eigenvalue weighted by atomic mass is 35.5. The first kappa shape index (κ1) is 10.8. The predicted molar refractivity (Wildman–Crippen MR) is 68.6 cm³/mol. The zero-order valence-corrected chi connectivity index (χ0v) is 9.96. The highest BCUT2D eigenvalue weighted by Crippen LogP contribution is 2.25. The van der Waals surface area contributed by atoms with Crippen LogP contribution in [0.1, 0.15) is 5.69 Å². The second-order valence-corrected chi connectivity index (χ2v) is 4.10. The van der Waals surface area contributed by atoms with Crippen LogP contribution >= 0.6 is 11.6 Å².